The van der Waals surface area contributed by atoms with E-state index in [2.05, 4.69) is 29.8 Å². The van der Waals surface area contributed by atoms with Crippen LogP contribution in [0, 0.1) is 11.8 Å². The zero-order chi connectivity index (χ0) is 13.6. The molecule has 2 nitrogen and oxygen atoms in total. The number of ether oxygens (including phenoxy) is 1. The molecule has 0 aromatic heterocycles. The Kier molecular flexibility index (Phi) is 3.38. The van der Waals surface area contributed by atoms with Gasteiger partial charge in [-0.15, -0.1) is 0 Å². The summed E-state index contributed by atoms with van der Waals surface area (Å²) in [4.78, 5) is 0. The first kappa shape index (κ1) is 13.4. The second-order valence-corrected chi connectivity index (χ2v) is 7.46. The largest absolute Gasteiger partial charge is 0.487 e. The molecule has 104 valence electrons. The third-order valence-electron chi connectivity index (χ3n) is 4.47. The predicted octanol–water partition coefficient (Wildman–Crippen LogP) is 4.46. The molecule has 0 amide bonds. The van der Waals surface area contributed by atoms with Crippen LogP contribution in [0.25, 0.3) is 0 Å². The van der Waals surface area contributed by atoms with Gasteiger partial charge < -0.3 is 9.84 Å². The molecule has 3 unspecified atom stereocenters. The first-order chi connectivity index (χ1) is 8.97. The van der Waals surface area contributed by atoms with Crippen LogP contribution in [-0.2, 0) is 0 Å². The smallest absolute Gasteiger partial charge is 0.126 e. The standard InChI is InChI=1S/C16H21BrO2/c1-10-5-11(2)8-16(7-10)9-14(18)13-6-12(17)3-4-15(13)19-16/h3-4,6,10-11,14,18H,5,7-9H2,1-2H3. The average Bonchev–Trinajstić information content (AvgIpc) is 2.28. The van der Waals surface area contributed by atoms with Crippen molar-refractivity contribution in [2.75, 3.05) is 0 Å². The Morgan fingerprint density at radius 2 is 1.89 bits per heavy atom. The topological polar surface area (TPSA) is 29.5 Å². The summed E-state index contributed by atoms with van der Waals surface area (Å²) >= 11 is 3.46. The fraction of sp³-hybridized carbons (Fsp3) is 0.625. The molecule has 3 heteroatoms. The maximum atomic E-state index is 10.5. The molecule has 3 atom stereocenters. The van der Waals surface area contributed by atoms with Crippen molar-refractivity contribution in [3.63, 3.8) is 0 Å². The number of halogens is 1. The van der Waals surface area contributed by atoms with Crippen molar-refractivity contribution in [3.8, 4) is 5.75 Å². The Bertz CT molecular complexity index is 476. The molecule has 2 aliphatic rings. The number of fused-ring (bicyclic) bond motifs is 1. The number of hydrogen-bond donors (Lipinski definition) is 1. The van der Waals surface area contributed by atoms with Gasteiger partial charge >= 0.3 is 0 Å². The fourth-order valence-corrected chi connectivity index (χ4v) is 4.45. The SMILES string of the molecule is CC1CC(C)CC2(C1)CC(O)c1cc(Br)ccc1O2. The van der Waals surface area contributed by atoms with E-state index in [9.17, 15) is 5.11 Å². The monoisotopic (exact) mass is 324 g/mol. The number of benzene rings is 1. The summed E-state index contributed by atoms with van der Waals surface area (Å²) in [6.07, 6.45) is 3.71. The summed E-state index contributed by atoms with van der Waals surface area (Å²) in [6.45, 7) is 4.59. The Morgan fingerprint density at radius 1 is 1.21 bits per heavy atom. The van der Waals surface area contributed by atoms with Gasteiger partial charge in [0, 0.05) is 16.5 Å². The molecule has 1 spiro atoms. The minimum Gasteiger partial charge on any atom is -0.487 e. The van der Waals surface area contributed by atoms with Gasteiger partial charge in [0.2, 0.25) is 0 Å². The third-order valence-corrected chi connectivity index (χ3v) is 4.96. The summed E-state index contributed by atoms with van der Waals surface area (Å²) < 4.78 is 7.34. The van der Waals surface area contributed by atoms with Crippen molar-refractivity contribution < 1.29 is 9.84 Å². The highest BCUT2D eigenvalue weighted by atomic mass is 79.9. The molecule has 0 saturated heterocycles. The van der Waals surface area contributed by atoms with Crippen LogP contribution in [0.2, 0.25) is 0 Å². The molecular weight excluding hydrogens is 304 g/mol. The molecule has 1 heterocycles. The first-order valence-corrected chi connectivity index (χ1v) is 7.93. The lowest BCUT2D eigenvalue weighted by Gasteiger charge is -2.47. The highest BCUT2D eigenvalue weighted by molar-refractivity contribution is 9.10. The van der Waals surface area contributed by atoms with Gasteiger partial charge in [0.1, 0.15) is 11.4 Å². The summed E-state index contributed by atoms with van der Waals surface area (Å²) in [7, 11) is 0. The van der Waals surface area contributed by atoms with E-state index in [4.69, 9.17) is 4.74 Å². The van der Waals surface area contributed by atoms with E-state index in [1.807, 2.05) is 18.2 Å². The van der Waals surface area contributed by atoms with Crippen LogP contribution in [-0.4, -0.2) is 10.7 Å². The number of hydrogen-bond acceptors (Lipinski definition) is 2. The van der Waals surface area contributed by atoms with Crippen LogP contribution in [0.15, 0.2) is 22.7 Å². The minimum absolute atomic E-state index is 0.155. The van der Waals surface area contributed by atoms with Gasteiger partial charge in [0.25, 0.3) is 0 Å². The summed E-state index contributed by atoms with van der Waals surface area (Å²) in [5, 5.41) is 10.5. The van der Waals surface area contributed by atoms with E-state index in [0.29, 0.717) is 11.8 Å². The van der Waals surface area contributed by atoms with Gasteiger partial charge in [-0.05, 0) is 49.3 Å². The van der Waals surface area contributed by atoms with Gasteiger partial charge in [0.05, 0.1) is 6.10 Å². The lowest BCUT2D eigenvalue weighted by atomic mass is 9.70. The minimum atomic E-state index is -0.404. The van der Waals surface area contributed by atoms with E-state index >= 15 is 0 Å². The van der Waals surface area contributed by atoms with Gasteiger partial charge in [0.15, 0.2) is 0 Å². The maximum absolute atomic E-state index is 10.5. The first-order valence-electron chi connectivity index (χ1n) is 7.14. The molecule has 1 aromatic rings. The predicted molar refractivity (Wildman–Crippen MR) is 79.3 cm³/mol. The normalized spacial score (nSPS) is 37.8. The lowest BCUT2D eigenvalue weighted by Crippen LogP contribution is -2.46. The van der Waals surface area contributed by atoms with Crippen LogP contribution in [0.1, 0.15) is 51.2 Å². The zero-order valence-corrected chi connectivity index (χ0v) is 13.1. The fourth-order valence-electron chi connectivity index (χ4n) is 4.07. The van der Waals surface area contributed by atoms with Crippen LogP contribution in [0.5, 0.6) is 5.75 Å². The van der Waals surface area contributed by atoms with Crippen molar-refractivity contribution in [1.82, 2.24) is 0 Å². The second-order valence-electron chi connectivity index (χ2n) is 6.54. The zero-order valence-electron chi connectivity index (χ0n) is 11.5. The summed E-state index contributed by atoms with van der Waals surface area (Å²) in [5.74, 6) is 2.21. The highest BCUT2D eigenvalue weighted by Crippen LogP contribution is 2.49. The maximum Gasteiger partial charge on any atom is 0.126 e. The Labute approximate surface area is 123 Å². The molecule has 1 N–H and O–H groups in total. The molecule has 1 aromatic carbocycles. The van der Waals surface area contributed by atoms with Gasteiger partial charge in [-0.1, -0.05) is 29.8 Å². The third kappa shape index (κ3) is 2.55. The lowest BCUT2D eigenvalue weighted by molar-refractivity contribution is -0.0624. The van der Waals surface area contributed by atoms with Crippen LogP contribution in [0.3, 0.4) is 0 Å². The van der Waals surface area contributed by atoms with Crippen molar-refractivity contribution in [2.45, 2.75) is 51.2 Å². The quantitative estimate of drug-likeness (QED) is 0.763. The molecule has 3 rings (SSSR count). The average molecular weight is 325 g/mol. The van der Waals surface area contributed by atoms with Gasteiger partial charge in [-0.2, -0.15) is 0 Å². The number of aliphatic hydroxyl groups is 1. The molecule has 1 fully saturated rings. The van der Waals surface area contributed by atoms with Crippen LogP contribution >= 0.6 is 15.9 Å². The van der Waals surface area contributed by atoms with E-state index in [0.717, 1.165) is 35.0 Å². The van der Waals surface area contributed by atoms with Crippen molar-refractivity contribution >= 4 is 15.9 Å². The molecule has 1 aliphatic carbocycles. The Hall–Kier alpha value is -0.540. The molecule has 0 radical (unpaired) electrons. The molecule has 1 saturated carbocycles. The molecule has 19 heavy (non-hydrogen) atoms. The van der Waals surface area contributed by atoms with Gasteiger partial charge in [-0.25, -0.2) is 0 Å². The van der Waals surface area contributed by atoms with E-state index in [-0.39, 0.29) is 5.60 Å². The molecular formula is C16H21BrO2. The van der Waals surface area contributed by atoms with E-state index < -0.39 is 6.10 Å². The van der Waals surface area contributed by atoms with Crippen molar-refractivity contribution in [1.29, 1.82) is 0 Å². The van der Waals surface area contributed by atoms with Gasteiger partial charge in [-0.3, -0.25) is 0 Å². The van der Waals surface area contributed by atoms with Crippen LogP contribution in [0.4, 0.5) is 0 Å². The summed E-state index contributed by atoms with van der Waals surface area (Å²) in [6, 6.07) is 5.94. The summed E-state index contributed by atoms with van der Waals surface area (Å²) in [5.41, 5.74) is 0.767. The van der Waals surface area contributed by atoms with Crippen molar-refractivity contribution in [2.24, 2.45) is 11.8 Å². The second kappa shape index (κ2) is 4.78. The number of aliphatic hydroxyl groups excluding tert-OH is 1. The number of rotatable bonds is 0. The van der Waals surface area contributed by atoms with Crippen molar-refractivity contribution in [3.05, 3.63) is 28.2 Å². The van der Waals surface area contributed by atoms with E-state index in [1.54, 1.807) is 0 Å². The highest BCUT2D eigenvalue weighted by Gasteiger charge is 2.45. The molecule has 0 bridgehead atoms. The Morgan fingerprint density at radius 3 is 2.58 bits per heavy atom. The molecule has 1 aliphatic heterocycles. The van der Waals surface area contributed by atoms with Crippen LogP contribution < -0.4 is 4.74 Å². The Balaban J connectivity index is 1.94. The van der Waals surface area contributed by atoms with E-state index in [1.165, 1.54) is 6.42 Å².